The minimum atomic E-state index is -4.37. The molecule has 0 saturated heterocycles. The molecule has 142 valence electrons. The van der Waals surface area contributed by atoms with Crippen LogP contribution >= 0.6 is 0 Å². The van der Waals surface area contributed by atoms with E-state index in [1.165, 1.54) is 24.7 Å². The highest BCUT2D eigenvalue weighted by Crippen LogP contribution is 2.29. The minimum Gasteiger partial charge on any atom is -0.341 e. The lowest BCUT2D eigenvalue weighted by molar-refractivity contribution is -0.137. The predicted molar refractivity (Wildman–Crippen MR) is 96.8 cm³/mol. The van der Waals surface area contributed by atoms with Crippen LogP contribution in [0.5, 0.6) is 0 Å². The second kappa shape index (κ2) is 6.84. The Hall–Kier alpha value is -3.62. The van der Waals surface area contributed by atoms with Crippen LogP contribution in [-0.4, -0.2) is 25.7 Å². The zero-order valence-electron chi connectivity index (χ0n) is 14.4. The van der Waals surface area contributed by atoms with Crippen LogP contribution in [0.25, 0.3) is 10.9 Å². The Morgan fingerprint density at radius 3 is 2.54 bits per heavy atom. The summed E-state index contributed by atoms with van der Waals surface area (Å²) in [4.78, 5) is 18.8. The summed E-state index contributed by atoms with van der Waals surface area (Å²) >= 11 is 0. The molecule has 0 fully saturated rings. The number of hydrogen-bond acceptors (Lipinski definition) is 3. The number of alkyl halides is 3. The van der Waals surface area contributed by atoms with Gasteiger partial charge in [0.15, 0.2) is 5.82 Å². The van der Waals surface area contributed by atoms with Crippen molar-refractivity contribution in [1.29, 1.82) is 0 Å². The number of nitrogens with one attached hydrogen (secondary N) is 2. The first kappa shape index (κ1) is 17.8. The van der Waals surface area contributed by atoms with E-state index in [4.69, 9.17) is 0 Å². The third-order valence-corrected chi connectivity index (χ3v) is 4.25. The number of nitrogens with zero attached hydrogens (tertiary/aromatic N) is 3. The maximum absolute atomic E-state index is 12.7. The van der Waals surface area contributed by atoms with Crippen molar-refractivity contribution < 1.29 is 18.0 Å². The first-order valence-electron chi connectivity index (χ1n) is 8.33. The molecule has 2 heterocycles. The largest absolute Gasteiger partial charge is 0.416 e. The number of carbonyl (C=O) groups excluding carboxylic acids is 1. The molecule has 28 heavy (non-hydrogen) atoms. The number of hydrogen-bond donors (Lipinski definition) is 2. The van der Waals surface area contributed by atoms with E-state index >= 15 is 0 Å². The zero-order valence-corrected chi connectivity index (χ0v) is 14.4. The molecule has 2 aromatic heterocycles. The predicted octanol–water partition coefficient (Wildman–Crippen LogP) is 4.08. The average Bonchev–Trinajstić information content (AvgIpc) is 3.31. The first-order chi connectivity index (χ1) is 13.4. The molecule has 0 atom stereocenters. The summed E-state index contributed by atoms with van der Waals surface area (Å²) in [5.74, 6) is -0.0236. The number of fused-ring (bicyclic) bond motifs is 1. The van der Waals surface area contributed by atoms with Crippen LogP contribution in [0.1, 0.15) is 21.6 Å². The molecule has 4 aromatic rings. The quantitative estimate of drug-likeness (QED) is 0.556. The van der Waals surface area contributed by atoms with E-state index < -0.39 is 11.7 Å². The van der Waals surface area contributed by atoms with Crippen molar-refractivity contribution in [3.8, 4) is 0 Å². The van der Waals surface area contributed by atoms with E-state index in [2.05, 4.69) is 20.4 Å². The van der Waals surface area contributed by atoms with Gasteiger partial charge in [-0.15, -0.1) is 0 Å². The molecule has 1 amide bonds. The van der Waals surface area contributed by atoms with E-state index in [9.17, 15) is 18.0 Å². The van der Waals surface area contributed by atoms with E-state index in [-0.39, 0.29) is 12.5 Å². The normalized spacial score (nSPS) is 11.7. The van der Waals surface area contributed by atoms with Crippen LogP contribution in [0.15, 0.2) is 61.1 Å². The molecule has 0 aliphatic heterocycles. The molecule has 0 aliphatic rings. The summed E-state index contributed by atoms with van der Waals surface area (Å²) in [7, 11) is 0. The lowest BCUT2D eigenvalue weighted by Gasteiger charge is -2.08. The van der Waals surface area contributed by atoms with E-state index in [0.717, 1.165) is 23.0 Å². The third-order valence-electron chi connectivity index (χ3n) is 4.25. The summed E-state index contributed by atoms with van der Waals surface area (Å²) in [6.07, 6.45) is -1.58. The number of rotatable bonds is 4. The molecular weight excluding hydrogens is 371 g/mol. The molecule has 9 heteroatoms. The number of amides is 1. The molecule has 0 radical (unpaired) electrons. The van der Waals surface area contributed by atoms with Gasteiger partial charge in [0.2, 0.25) is 0 Å². The SMILES string of the molecule is O=C(Nc1nn(Cc2ccc(C(F)(F)F)cc2)c2ccccc12)c1cnc[nH]1. The van der Waals surface area contributed by atoms with Crippen molar-refractivity contribution in [2.24, 2.45) is 0 Å². The van der Waals surface area contributed by atoms with Gasteiger partial charge in [-0.3, -0.25) is 9.48 Å². The number of benzene rings is 2. The highest BCUT2D eigenvalue weighted by Gasteiger charge is 2.30. The Bertz CT molecular complexity index is 1110. The monoisotopic (exact) mass is 385 g/mol. The summed E-state index contributed by atoms with van der Waals surface area (Å²) < 4.78 is 39.8. The van der Waals surface area contributed by atoms with Gasteiger partial charge in [-0.25, -0.2) is 4.98 Å². The lowest BCUT2D eigenvalue weighted by atomic mass is 10.1. The Morgan fingerprint density at radius 1 is 1.11 bits per heavy atom. The van der Waals surface area contributed by atoms with Gasteiger partial charge in [0.25, 0.3) is 5.91 Å². The van der Waals surface area contributed by atoms with Crippen molar-refractivity contribution in [3.63, 3.8) is 0 Å². The van der Waals surface area contributed by atoms with Gasteiger partial charge in [0, 0.05) is 5.39 Å². The Morgan fingerprint density at radius 2 is 1.86 bits per heavy atom. The number of halogens is 3. The van der Waals surface area contributed by atoms with E-state index in [1.54, 1.807) is 4.68 Å². The molecular formula is C19H14F3N5O. The number of aromatic amines is 1. The maximum atomic E-state index is 12.7. The topological polar surface area (TPSA) is 75.6 Å². The lowest BCUT2D eigenvalue weighted by Crippen LogP contribution is -2.13. The van der Waals surface area contributed by atoms with Crippen LogP contribution in [0.4, 0.5) is 19.0 Å². The standard InChI is InChI=1S/C19H14F3N5O/c20-19(21,22)13-7-5-12(6-8-13)10-27-16-4-2-1-3-14(16)17(26-27)25-18(28)15-9-23-11-24-15/h1-9,11H,10H2,(H,23,24)(H,25,26,28). The highest BCUT2D eigenvalue weighted by molar-refractivity contribution is 6.06. The number of aromatic nitrogens is 4. The molecule has 0 spiro atoms. The van der Waals surface area contributed by atoms with Crippen molar-refractivity contribution in [2.75, 3.05) is 5.32 Å². The Kier molecular flexibility index (Phi) is 4.34. The molecule has 0 saturated carbocycles. The van der Waals surface area contributed by atoms with Gasteiger partial charge >= 0.3 is 6.18 Å². The van der Waals surface area contributed by atoms with Crippen molar-refractivity contribution in [1.82, 2.24) is 19.7 Å². The van der Waals surface area contributed by atoms with Crippen molar-refractivity contribution >= 4 is 22.6 Å². The van der Waals surface area contributed by atoms with E-state index in [1.807, 2.05) is 24.3 Å². The number of carbonyl (C=O) groups is 1. The van der Waals surface area contributed by atoms with Gasteiger partial charge in [-0.1, -0.05) is 24.3 Å². The maximum Gasteiger partial charge on any atom is 0.416 e. The molecule has 0 aliphatic carbocycles. The van der Waals surface area contributed by atoms with Crippen molar-refractivity contribution in [2.45, 2.75) is 12.7 Å². The third kappa shape index (κ3) is 3.46. The molecule has 2 aromatic carbocycles. The van der Waals surface area contributed by atoms with Gasteiger partial charge in [0.05, 0.1) is 30.1 Å². The molecule has 4 rings (SSSR count). The van der Waals surface area contributed by atoms with Gasteiger partial charge < -0.3 is 10.3 Å². The Balaban J connectivity index is 1.63. The number of H-pyrrole nitrogens is 1. The first-order valence-corrected chi connectivity index (χ1v) is 8.33. The molecule has 2 N–H and O–H groups in total. The molecule has 6 nitrogen and oxygen atoms in total. The second-order valence-electron chi connectivity index (χ2n) is 6.14. The Labute approximate surface area is 157 Å². The average molecular weight is 385 g/mol. The highest BCUT2D eigenvalue weighted by atomic mass is 19.4. The molecule has 0 unspecified atom stereocenters. The van der Waals surface area contributed by atoms with Gasteiger partial charge in [-0.05, 0) is 29.8 Å². The van der Waals surface area contributed by atoms with Crippen LogP contribution in [0.2, 0.25) is 0 Å². The van der Waals surface area contributed by atoms with Crippen molar-refractivity contribution in [3.05, 3.63) is 77.9 Å². The number of imidazole rings is 1. The van der Waals surface area contributed by atoms with Gasteiger partial charge in [-0.2, -0.15) is 18.3 Å². The minimum absolute atomic E-state index is 0.262. The van der Waals surface area contributed by atoms with Gasteiger partial charge in [0.1, 0.15) is 5.69 Å². The fourth-order valence-electron chi connectivity index (χ4n) is 2.87. The summed E-state index contributed by atoms with van der Waals surface area (Å²) in [5.41, 5.74) is 1.01. The zero-order chi connectivity index (χ0) is 19.7. The fraction of sp³-hybridized carbons (Fsp3) is 0.105. The summed E-state index contributed by atoms with van der Waals surface area (Å²) in [6.45, 7) is 0.262. The summed E-state index contributed by atoms with van der Waals surface area (Å²) in [5, 5.41) is 7.89. The smallest absolute Gasteiger partial charge is 0.341 e. The fourth-order valence-corrected chi connectivity index (χ4v) is 2.87. The summed E-state index contributed by atoms with van der Waals surface area (Å²) in [6, 6.07) is 12.2. The van der Waals surface area contributed by atoms with Crippen LogP contribution in [0.3, 0.4) is 0 Å². The second-order valence-corrected chi connectivity index (χ2v) is 6.14. The number of para-hydroxylation sites is 1. The van der Waals surface area contributed by atoms with E-state index in [0.29, 0.717) is 17.1 Å². The van der Waals surface area contributed by atoms with Crippen LogP contribution in [0, 0.1) is 0 Å². The number of anilines is 1. The van der Waals surface area contributed by atoms with Crippen LogP contribution in [-0.2, 0) is 12.7 Å². The molecule has 0 bridgehead atoms. The van der Waals surface area contributed by atoms with Crippen LogP contribution < -0.4 is 5.32 Å².